The molecule has 21 heavy (non-hydrogen) atoms. The van der Waals surface area contributed by atoms with Crippen LogP contribution in [-0.4, -0.2) is 26.0 Å². The van der Waals surface area contributed by atoms with Crippen LogP contribution in [-0.2, 0) is 0 Å². The third kappa shape index (κ3) is 4.24. The topological polar surface area (TPSA) is 47.6 Å². The molecule has 110 valence electrons. The van der Waals surface area contributed by atoms with E-state index in [9.17, 15) is 4.79 Å². The molecule has 2 rings (SSSR count). The number of anilines is 1. The number of ether oxygens (including phenoxy) is 2. The Morgan fingerprint density at radius 1 is 1.10 bits per heavy atom. The maximum atomic E-state index is 12.1. The molecule has 0 saturated heterocycles. The van der Waals surface area contributed by atoms with Crippen molar-refractivity contribution in [2.45, 2.75) is 6.92 Å². The molecule has 2 aromatic rings. The highest BCUT2D eigenvalue weighted by Gasteiger charge is 2.06. The van der Waals surface area contributed by atoms with Gasteiger partial charge in [0.25, 0.3) is 0 Å². The molecule has 0 bridgehead atoms. The second-order valence-electron chi connectivity index (χ2n) is 4.47. The molecule has 1 N–H and O–H groups in total. The lowest BCUT2D eigenvalue weighted by atomic mass is 10.1. The van der Waals surface area contributed by atoms with Gasteiger partial charge in [-0.3, -0.25) is 4.79 Å². The summed E-state index contributed by atoms with van der Waals surface area (Å²) in [7, 11) is 1.60. The van der Waals surface area contributed by atoms with E-state index in [0.717, 1.165) is 17.2 Å². The Balaban J connectivity index is 1.95. The fraction of sp³-hybridized carbons (Fsp3) is 0.235. The standard InChI is InChI=1S/C17H19NO3/c1-3-21-16-6-4-5-14(11-16)18-12-17(19)13-7-9-15(20-2)10-8-13/h4-11,18H,3,12H2,1-2H3. The summed E-state index contributed by atoms with van der Waals surface area (Å²) in [5.41, 5.74) is 1.52. The molecule has 0 atom stereocenters. The van der Waals surface area contributed by atoms with Crippen LogP contribution >= 0.6 is 0 Å². The van der Waals surface area contributed by atoms with E-state index in [0.29, 0.717) is 12.2 Å². The minimum atomic E-state index is 0.0273. The van der Waals surface area contributed by atoms with Gasteiger partial charge in [0.1, 0.15) is 11.5 Å². The van der Waals surface area contributed by atoms with Crippen LogP contribution in [0.25, 0.3) is 0 Å². The van der Waals surface area contributed by atoms with Crippen LogP contribution in [0.3, 0.4) is 0 Å². The fourth-order valence-corrected chi connectivity index (χ4v) is 1.92. The van der Waals surface area contributed by atoms with E-state index in [1.807, 2.05) is 31.2 Å². The fourth-order valence-electron chi connectivity index (χ4n) is 1.92. The van der Waals surface area contributed by atoms with Gasteiger partial charge in [0.05, 0.1) is 20.3 Å². The maximum absolute atomic E-state index is 12.1. The smallest absolute Gasteiger partial charge is 0.181 e. The van der Waals surface area contributed by atoms with Gasteiger partial charge in [-0.15, -0.1) is 0 Å². The minimum Gasteiger partial charge on any atom is -0.497 e. The Morgan fingerprint density at radius 3 is 2.52 bits per heavy atom. The molecule has 0 fully saturated rings. The van der Waals surface area contributed by atoms with Crippen molar-refractivity contribution in [3.8, 4) is 11.5 Å². The number of methoxy groups -OCH3 is 1. The van der Waals surface area contributed by atoms with Crippen LogP contribution in [0.5, 0.6) is 11.5 Å². The van der Waals surface area contributed by atoms with Crippen molar-refractivity contribution in [2.75, 3.05) is 25.6 Å². The number of hydrogen-bond donors (Lipinski definition) is 1. The summed E-state index contributed by atoms with van der Waals surface area (Å²) in [6.07, 6.45) is 0. The zero-order valence-corrected chi connectivity index (χ0v) is 12.3. The molecule has 4 heteroatoms. The van der Waals surface area contributed by atoms with E-state index >= 15 is 0 Å². The molecule has 2 aromatic carbocycles. The molecule has 0 unspecified atom stereocenters. The van der Waals surface area contributed by atoms with Crippen molar-refractivity contribution < 1.29 is 14.3 Å². The molecule has 0 saturated carbocycles. The average Bonchev–Trinajstić information content (AvgIpc) is 2.53. The van der Waals surface area contributed by atoms with Gasteiger partial charge in [-0.05, 0) is 43.3 Å². The lowest BCUT2D eigenvalue weighted by Gasteiger charge is -2.08. The molecule has 4 nitrogen and oxygen atoms in total. The van der Waals surface area contributed by atoms with Crippen molar-refractivity contribution in [3.05, 3.63) is 54.1 Å². The van der Waals surface area contributed by atoms with Gasteiger partial charge in [-0.25, -0.2) is 0 Å². The summed E-state index contributed by atoms with van der Waals surface area (Å²) < 4.78 is 10.5. The Labute approximate surface area is 124 Å². The van der Waals surface area contributed by atoms with Crippen LogP contribution < -0.4 is 14.8 Å². The number of rotatable bonds is 7. The molecule has 0 aliphatic heterocycles. The van der Waals surface area contributed by atoms with E-state index in [4.69, 9.17) is 9.47 Å². The van der Waals surface area contributed by atoms with Gasteiger partial charge in [-0.1, -0.05) is 6.07 Å². The normalized spacial score (nSPS) is 10.0. The molecular formula is C17H19NO3. The summed E-state index contributed by atoms with van der Waals surface area (Å²) in [6, 6.07) is 14.7. The van der Waals surface area contributed by atoms with Crippen LogP contribution in [0, 0.1) is 0 Å². The monoisotopic (exact) mass is 285 g/mol. The van der Waals surface area contributed by atoms with Gasteiger partial charge >= 0.3 is 0 Å². The molecular weight excluding hydrogens is 266 g/mol. The Bertz CT molecular complexity index is 593. The molecule has 0 aliphatic carbocycles. The molecule has 0 heterocycles. The second-order valence-corrected chi connectivity index (χ2v) is 4.47. The van der Waals surface area contributed by atoms with Crippen molar-refractivity contribution >= 4 is 11.5 Å². The number of benzene rings is 2. The Morgan fingerprint density at radius 2 is 1.86 bits per heavy atom. The largest absolute Gasteiger partial charge is 0.497 e. The summed E-state index contributed by atoms with van der Waals surface area (Å²) >= 11 is 0. The van der Waals surface area contributed by atoms with E-state index in [-0.39, 0.29) is 12.3 Å². The van der Waals surface area contributed by atoms with Gasteiger partial charge in [0.2, 0.25) is 0 Å². The van der Waals surface area contributed by atoms with Crippen molar-refractivity contribution in [1.29, 1.82) is 0 Å². The summed E-state index contributed by atoms with van der Waals surface area (Å²) in [6.45, 7) is 2.80. The highest BCUT2D eigenvalue weighted by molar-refractivity contribution is 5.99. The molecule has 0 amide bonds. The summed E-state index contributed by atoms with van der Waals surface area (Å²) in [4.78, 5) is 12.1. The van der Waals surface area contributed by atoms with Crippen LogP contribution in [0.1, 0.15) is 17.3 Å². The number of carbonyl (C=O) groups excluding carboxylic acids is 1. The second kappa shape index (κ2) is 7.33. The van der Waals surface area contributed by atoms with Crippen molar-refractivity contribution in [3.63, 3.8) is 0 Å². The van der Waals surface area contributed by atoms with E-state index in [1.54, 1.807) is 31.4 Å². The third-order valence-corrected chi connectivity index (χ3v) is 3.01. The van der Waals surface area contributed by atoms with Gasteiger partial charge in [-0.2, -0.15) is 0 Å². The lowest BCUT2D eigenvalue weighted by molar-refractivity contribution is 0.101. The average molecular weight is 285 g/mol. The first kappa shape index (κ1) is 14.9. The van der Waals surface area contributed by atoms with E-state index < -0.39 is 0 Å². The lowest BCUT2D eigenvalue weighted by Crippen LogP contribution is -2.13. The van der Waals surface area contributed by atoms with Crippen molar-refractivity contribution in [2.24, 2.45) is 0 Å². The Kier molecular flexibility index (Phi) is 5.21. The van der Waals surface area contributed by atoms with Crippen LogP contribution in [0.4, 0.5) is 5.69 Å². The highest BCUT2D eigenvalue weighted by Crippen LogP contribution is 2.17. The first-order valence-corrected chi connectivity index (χ1v) is 6.87. The van der Waals surface area contributed by atoms with Gasteiger partial charge < -0.3 is 14.8 Å². The van der Waals surface area contributed by atoms with Crippen molar-refractivity contribution in [1.82, 2.24) is 0 Å². The Hall–Kier alpha value is -2.49. The predicted octanol–water partition coefficient (Wildman–Crippen LogP) is 3.39. The zero-order chi connectivity index (χ0) is 15.1. The number of nitrogens with one attached hydrogen (secondary N) is 1. The predicted molar refractivity (Wildman–Crippen MR) is 83.4 cm³/mol. The SMILES string of the molecule is CCOc1cccc(NCC(=O)c2ccc(OC)cc2)c1. The number of carbonyl (C=O) groups is 1. The molecule has 0 aromatic heterocycles. The van der Waals surface area contributed by atoms with Crippen LogP contribution in [0.15, 0.2) is 48.5 Å². The molecule has 0 aliphatic rings. The van der Waals surface area contributed by atoms with Gasteiger partial charge in [0, 0.05) is 17.3 Å². The third-order valence-electron chi connectivity index (χ3n) is 3.01. The first-order valence-electron chi connectivity index (χ1n) is 6.87. The van der Waals surface area contributed by atoms with E-state index in [2.05, 4.69) is 5.32 Å². The minimum absolute atomic E-state index is 0.0273. The number of Topliss-reactive ketones (excluding diaryl/α,β-unsaturated/α-hetero) is 1. The summed E-state index contributed by atoms with van der Waals surface area (Å²) in [5.74, 6) is 1.56. The summed E-state index contributed by atoms with van der Waals surface area (Å²) in [5, 5.41) is 3.11. The number of hydrogen-bond acceptors (Lipinski definition) is 4. The molecule has 0 radical (unpaired) electrons. The quantitative estimate of drug-likeness (QED) is 0.792. The molecule has 0 spiro atoms. The van der Waals surface area contributed by atoms with Gasteiger partial charge in [0.15, 0.2) is 5.78 Å². The highest BCUT2D eigenvalue weighted by atomic mass is 16.5. The van der Waals surface area contributed by atoms with Crippen LogP contribution in [0.2, 0.25) is 0 Å². The maximum Gasteiger partial charge on any atom is 0.181 e. The first-order chi connectivity index (χ1) is 10.2. The number of ketones is 1. The zero-order valence-electron chi connectivity index (χ0n) is 12.3. The van der Waals surface area contributed by atoms with E-state index in [1.165, 1.54) is 0 Å².